The number of aryl methyl sites for hydroxylation is 2. The van der Waals surface area contributed by atoms with E-state index in [1.54, 1.807) is 23.0 Å². The number of aromatic nitrogens is 3. The van der Waals surface area contributed by atoms with Gasteiger partial charge in [-0.3, -0.25) is 4.79 Å². The Hall–Kier alpha value is -3.68. The molecule has 0 saturated carbocycles. The molecule has 0 saturated heterocycles. The van der Waals surface area contributed by atoms with Gasteiger partial charge in [0.1, 0.15) is 0 Å². The second kappa shape index (κ2) is 9.21. The smallest absolute Gasteiger partial charge is 0.265 e. The van der Waals surface area contributed by atoms with Crippen molar-refractivity contribution in [2.45, 2.75) is 33.6 Å². The van der Waals surface area contributed by atoms with E-state index in [2.05, 4.69) is 34.4 Å². The molecule has 2 aromatic heterocycles. The van der Waals surface area contributed by atoms with E-state index in [1.165, 1.54) is 5.56 Å². The monoisotopic (exact) mass is 406 g/mol. The van der Waals surface area contributed by atoms with Crippen molar-refractivity contribution < 1.29 is 9.63 Å². The number of nitrogens with two attached hydrogens (primary N) is 1. The van der Waals surface area contributed by atoms with Gasteiger partial charge in [0.2, 0.25) is 0 Å². The van der Waals surface area contributed by atoms with Gasteiger partial charge in [0.25, 0.3) is 5.91 Å². The molecule has 8 nitrogen and oxygen atoms in total. The van der Waals surface area contributed by atoms with Crippen molar-refractivity contribution in [2.24, 2.45) is 10.9 Å². The van der Waals surface area contributed by atoms with Crippen molar-refractivity contribution in [3.8, 4) is 5.82 Å². The maximum absolute atomic E-state index is 12.0. The molecule has 0 fully saturated rings. The quantitative estimate of drug-likeness (QED) is 0.356. The fourth-order valence-electron chi connectivity index (χ4n) is 2.89. The summed E-state index contributed by atoms with van der Waals surface area (Å²) < 4.78 is 1.75. The Morgan fingerprint density at radius 1 is 1.20 bits per heavy atom. The second-order valence-corrected chi connectivity index (χ2v) is 7.32. The Morgan fingerprint density at radius 3 is 2.50 bits per heavy atom. The Balaban J connectivity index is 1.54. The topological polar surface area (TPSA) is 107 Å². The van der Waals surface area contributed by atoms with E-state index in [-0.39, 0.29) is 18.3 Å². The summed E-state index contributed by atoms with van der Waals surface area (Å²) in [6, 6.07) is 13.2. The van der Waals surface area contributed by atoms with Gasteiger partial charge in [0.15, 0.2) is 18.3 Å². The second-order valence-electron chi connectivity index (χ2n) is 7.32. The van der Waals surface area contributed by atoms with Crippen LogP contribution in [0.3, 0.4) is 0 Å². The maximum Gasteiger partial charge on any atom is 0.265 e. The molecule has 0 unspecified atom stereocenters. The van der Waals surface area contributed by atoms with Gasteiger partial charge in [0.05, 0.1) is 5.69 Å². The van der Waals surface area contributed by atoms with Gasteiger partial charge >= 0.3 is 0 Å². The van der Waals surface area contributed by atoms with Gasteiger partial charge in [-0.05, 0) is 55.7 Å². The van der Waals surface area contributed by atoms with Crippen molar-refractivity contribution in [2.75, 3.05) is 11.9 Å². The lowest BCUT2D eigenvalue weighted by Crippen LogP contribution is -2.19. The fraction of sp³-hybridized carbons (Fsp3) is 0.273. The van der Waals surface area contributed by atoms with E-state index in [1.807, 2.05) is 44.2 Å². The summed E-state index contributed by atoms with van der Waals surface area (Å²) in [4.78, 5) is 21.5. The van der Waals surface area contributed by atoms with Crippen LogP contribution in [-0.4, -0.2) is 33.1 Å². The number of nitrogens with zero attached hydrogens (tertiary/aromatic N) is 4. The van der Waals surface area contributed by atoms with E-state index < -0.39 is 0 Å². The number of amides is 1. The van der Waals surface area contributed by atoms with E-state index >= 15 is 0 Å². The predicted molar refractivity (Wildman–Crippen MR) is 117 cm³/mol. The number of pyridine rings is 1. The predicted octanol–water partition coefficient (Wildman–Crippen LogP) is 3.28. The van der Waals surface area contributed by atoms with Gasteiger partial charge in [-0.2, -0.15) is 5.10 Å². The molecule has 0 aliphatic rings. The lowest BCUT2D eigenvalue weighted by Gasteiger charge is -2.08. The first-order valence-electron chi connectivity index (χ1n) is 9.69. The van der Waals surface area contributed by atoms with Crippen LogP contribution in [0.15, 0.2) is 53.8 Å². The Bertz CT molecular complexity index is 1040. The average molecular weight is 406 g/mol. The molecular formula is C22H26N6O2. The SMILES string of the molecule is Cc1cc(C)n(-c2ccc(/C(N)=N\OCC(=O)Nc3ccc(C(C)C)cc3)cn2)n1. The van der Waals surface area contributed by atoms with Crippen molar-refractivity contribution in [1.29, 1.82) is 0 Å². The number of anilines is 1. The van der Waals surface area contributed by atoms with Crippen molar-refractivity contribution in [1.82, 2.24) is 14.8 Å². The summed E-state index contributed by atoms with van der Waals surface area (Å²) in [5.41, 5.74) is 10.3. The molecule has 2 heterocycles. The molecule has 0 atom stereocenters. The molecule has 0 aliphatic carbocycles. The molecule has 1 aromatic carbocycles. The summed E-state index contributed by atoms with van der Waals surface area (Å²) in [6.45, 7) is 7.88. The summed E-state index contributed by atoms with van der Waals surface area (Å²) in [5.74, 6) is 0.936. The lowest BCUT2D eigenvalue weighted by atomic mass is 10.0. The lowest BCUT2D eigenvalue weighted by molar-refractivity contribution is -0.120. The molecule has 0 bridgehead atoms. The highest BCUT2D eigenvalue weighted by Crippen LogP contribution is 2.17. The number of benzene rings is 1. The number of amidine groups is 1. The van der Waals surface area contributed by atoms with Crippen LogP contribution in [-0.2, 0) is 9.63 Å². The van der Waals surface area contributed by atoms with Crippen LogP contribution in [0.2, 0.25) is 0 Å². The summed E-state index contributed by atoms with van der Waals surface area (Å²) >= 11 is 0. The minimum atomic E-state index is -0.318. The first-order chi connectivity index (χ1) is 14.3. The molecule has 0 radical (unpaired) electrons. The van der Waals surface area contributed by atoms with E-state index in [4.69, 9.17) is 10.6 Å². The third kappa shape index (κ3) is 5.22. The maximum atomic E-state index is 12.0. The number of hydrogen-bond donors (Lipinski definition) is 2. The van der Waals surface area contributed by atoms with E-state index in [0.717, 1.165) is 11.4 Å². The van der Waals surface area contributed by atoms with Crippen LogP contribution in [0, 0.1) is 13.8 Å². The Morgan fingerprint density at radius 2 is 1.93 bits per heavy atom. The molecule has 3 N–H and O–H groups in total. The van der Waals surface area contributed by atoms with E-state index in [9.17, 15) is 4.79 Å². The van der Waals surface area contributed by atoms with Crippen LogP contribution >= 0.6 is 0 Å². The molecule has 3 aromatic rings. The third-order valence-electron chi connectivity index (χ3n) is 4.49. The van der Waals surface area contributed by atoms with Crippen LogP contribution in [0.4, 0.5) is 5.69 Å². The molecule has 0 aliphatic heterocycles. The average Bonchev–Trinajstić information content (AvgIpc) is 3.06. The normalized spacial score (nSPS) is 11.6. The molecular weight excluding hydrogens is 380 g/mol. The highest BCUT2D eigenvalue weighted by atomic mass is 16.6. The molecule has 0 spiro atoms. The Kier molecular flexibility index (Phi) is 6.46. The molecule has 1 amide bonds. The van der Waals surface area contributed by atoms with Gasteiger partial charge in [0, 0.05) is 23.1 Å². The standard InChI is InChI=1S/C22H26N6O2/c1-14(2)17-5-8-19(9-6-17)25-21(29)13-30-27-22(23)18-7-10-20(24-12-18)28-16(4)11-15(3)26-28/h5-12,14H,13H2,1-4H3,(H2,23,27)(H,25,29). The van der Waals surface area contributed by atoms with Gasteiger partial charge in [-0.25, -0.2) is 9.67 Å². The molecule has 8 heteroatoms. The van der Waals surface area contributed by atoms with Crippen molar-refractivity contribution >= 4 is 17.4 Å². The van der Waals surface area contributed by atoms with Crippen LogP contribution in [0.5, 0.6) is 0 Å². The summed E-state index contributed by atoms with van der Waals surface area (Å²) in [5, 5.41) is 11.0. The summed E-state index contributed by atoms with van der Waals surface area (Å²) in [7, 11) is 0. The highest BCUT2D eigenvalue weighted by molar-refractivity contribution is 5.97. The molecule has 156 valence electrons. The van der Waals surface area contributed by atoms with Gasteiger partial charge < -0.3 is 15.9 Å². The van der Waals surface area contributed by atoms with E-state index in [0.29, 0.717) is 23.0 Å². The fourth-order valence-corrected chi connectivity index (χ4v) is 2.89. The number of rotatable bonds is 7. The minimum absolute atomic E-state index is 0.136. The minimum Gasteiger partial charge on any atom is -0.384 e. The zero-order valence-corrected chi connectivity index (χ0v) is 17.6. The third-order valence-corrected chi connectivity index (χ3v) is 4.49. The first-order valence-corrected chi connectivity index (χ1v) is 9.69. The Labute approximate surface area is 175 Å². The van der Waals surface area contributed by atoms with Crippen molar-refractivity contribution in [3.63, 3.8) is 0 Å². The molecule has 3 rings (SSSR count). The summed E-state index contributed by atoms with van der Waals surface area (Å²) in [6.07, 6.45) is 1.59. The molecule has 30 heavy (non-hydrogen) atoms. The van der Waals surface area contributed by atoms with Crippen LogP contribution < -0.4 is 11.1 Å². The largest absolute Gasteiger partial charge is 0.384 e. The number of hydrogen-bond acceptors (Lipinski definition) is 5. The van der Waals surface area contributed by atoms with Gasteiger partial charge in [-0.15, -0.1) is 0 Å². The van der Waals surface area contributed by atoms with Gasteiger partial charge in [-0.1, -0.05) is 31.1 Å². The zero-order chi connectivity index (χ0) is 21.7. The van der Waals surface area contributed by atoms with Crippen molar-refractivity contribution in [3.05, 3.63) is 71.2 Å². The van der Waals surface area contributed by atoms with Crippen LogP contribution in [0.1, 0.15) is 42.3 Å². The zero-order valence-electron chi connectivity index (χ0n) is 17.6. The number of carbonyl (C=O) groups is 1. The first kappa shape index (κ1) is 21.0. The number of oxime groups is 1. The highest BCUT2D eigenvalue weighted by Gasteiger charge is 2.08. The number of carbonyl (C=O) groups excluding carboxylic acids is 1. The number of nitrogens with one attached hydrogen (secondary N) is 1. The van der Waals surface area contributed by atoms with Crippen LogP contribution in [0.25, 0.3) is 5.82 Å².